The van der Waals surface area contributed by atoms with Crippen molar-refractivity contribution in [1.82, 2.24) is 14.7 Å². The molecule has 0 saturated carbocycles. The molecule has 1 aliphatic rings. The summed E-state index contributed by atoms with van der Waals surface area (Å²) in [6, 6.07) is 8.42. The minimum absolute atomic E-state index is 0.221. The minimum atomic E-state index is -3.28. The van der Waals surface area contributed by atoms with Gasteiger partial charge in [0.05, 0.1) is 23.7 Å². The predicted molar refractivity (Wildman–Crippen MR) is 87.4 cm³/mol. The van der Waals surface area contributed by atoms with Gasteiger partial charge in [0.15, 0.2) is 0 Å². The minimum Gasteiger partial charge on any atom is -0.386 e. The molecule has 1 aromatic carbocycles. The van der Waals surface area contributed by atoms with Crippen LogP contribution in [-0.2, 0) is 29.5 Å². The van der Waals surface area contributed by atoms with E-state index in [2.05, 4.69) is 10.00 Å². The van der Waals surface area contributed by atoms with Gasteiger partial charge in [0.1, 0.15) is 21.8 Å². The molecule has 1 unspecified atom stereocenters. The van der Waals surface area contributed by atoms with E-state index in [1.54, 1.807) is 22.9 Å². The van der Waals surface area contributed by atoms with Crippen molar-refractivity contribution >= 4 is 9.84 Å². The van der Waals surface area contributed by atoms with E-state index in [0.29, 0.717) is 37.4 Å². The van der Waals surface area contributed by atoms with E-state index in [0.717, 1.165) is 11.9 Å². The van der Waals surface area contributed by atoms with Gasteiger partial charge in [0.25, 0.3) is 0 Å². The third kappa shape index (κ3) is 4.00. The number of nitrogens with zero attached hydrogens (tertiary/aromatic N) is 3. The lowest BCUT2D eigenvalue weighted by atomic mass is 10.1. The summed E-state index contributed by atoms with van der Waals surface area (Å²) in [5.74, 6) is -0.566. The summed E-state index contributed by atoms with van der Waals surface area (Å²) in [6.07, 6.45) is -0.0411. The lowest BCUT2D eigenvalue weighted by Crippen LogP contribution is -2.33. The number of aliphatic hydroxyl groups is 1. The van der Waals surface area contributed by atoms with Crippen molar-refractivity contribution in [2.24, 2.45) is 0 Å². The Bertz CT molecular complexity index is 835. The van der Waals surface area contributed by atoms with Gasteiger partial charge in [0, 0.05) is 31.5 Å². The Morgan fingerprint density at radius 2 is 2.08 bits per heavy atom. The van der Waals surface area contributed by atoms with Crippen LogP contribution in [0.5, 0.6) is 0 Å². The Morgan fingerprint density at radius 1 is 1.33 bits per heavy atom. The second-order valence-electron chi connectivity index (χ2n) is 6.19. The molecule has 0 amide bonds. The second-order valence-corrected chi connectivity index (χ2v) is 8.38. The predicted octanol–water partition coefficient (Wildman–Crippen LogP) is 1.12. The van der Waals surface area contributed by atoms with Crippen molar-refractivity contribution in [2.75, 3.05) is 18.6 Å². The average molecular weight is 353 g/mol. The van der Waals surface area contributed by atoms with Crippen LogP contribution in [-0.4, -0.2) is 46.8 Å². The molecule has 2 aromatic rings. The molecule has 1 N–H and O–H groups in total. The largest absolute Gasteiger partial charge is 0.386 e. The molecule has 0 radical (unpaired) electrons. The third-order valence-corrected chi connectivity index (χ3v) is 4.97. The van der Waals surface area contributed by atoms with Crippen LogP contribution in [0.25, 0.3) is 0 Å². The number of aromatic nitrogens is 2. The highest BCUT2D eigenvalue weighted by molar-refractivity contribution is 7.90. The monoisotopic (exact) mass is 353 g/mol. The van der Waals surface area contributed by atoms with Crippen molar-refractivity contribution in [3.05, 3.63) is 53.1 Å². The molecule has 0 aliphatic carbocycles. The highest BCUT2D eigenvalue weighted by Crippen LogP contribution is 2.21. The number of aliphatic hydroxyl groups excluding tert-OH is 1. The topological polar surface area (TPSA) is 75.4 Å². The lowest BCUT2D eigenvalue weighted by Gasteiger charge is -2.27. The van der Waals surface area contributed by atoms with Gasteiger partial charge in [-0.15, -0.1) is 0 Å². The summed E-state index contributed by atoms with van der Waals surface area (Å²) in [7, 11) is -3.28. The Kier molecular flexibility index (Phi) is 4.71. The van der Waals surface area contributed by atoms with Crippen LogP contribution in [0.3, 0.4) is 0 Å². The molecule has 1 aliphatic heterocycles. The van der Waals surface area contributed by atoms with E-state index in [-0.39, 0.29) is 11.6 Å². The zero-order valence-corrected chi connectivity index (χ0v) is 14.2. The van der Waals surface area contributed by atoms with Gasteiger partial charge in [-0.1, -0.05) is 18.2 Å². The van der Waals surface area contributed by atoms with Crippen LogP contribution in [0.15, 0.2) is 30.3 Å². The van der Waals surface area contributed by atoms with Crippen LogP contribution < -0.4 is 0 Å². The highest BCUT2D eigenvalue weighted by Gasteiger charge is 2.23. The summed E-state index contributed by atoms with van der Waals surface area (Å²) in [5.41, 5.74) is 1.89. The van der Waals surface area contributed by atoms with Crippen molar-refractivity contribution < 1.29 is 17.9 Å². The Hall–Kier alpha value is -1.77. The number of hydrogen-bond donors (Lipinski definition) is 1. The number of hydrogen-bond acceptors (Lipinski definition) is 5. The highest BCUT2D eigenvalue weighted by atomic mass is 32.2. The summed E-state index contributed by atoms with van der Waals surface area (Å²) in [5, 5.41) is 14.3. The molecule has 8 heteroatoms. The molecule has 24 heavy (non-hydrogen) atoms. The van der Waals surface area contributed by atoms with Gasteiger partial charge in [-0.25, -0.2) is 12.8 Å². The number of benzene rings is 1. The van der Waals surface area contributed by atoms with Crippen LogP contribution in [0.2, 0.25) is 0 Å². The van der Waals surface area contributed by atoms with E-state index < -0.39 is 15.9 Å². The fourth-order valence-electron chi connectivity index (χ4n) is 2.88. The molecular weight excluding hydrogens is 333 g/mol. The molecule has 1 atom stereocenters. The first-order valence-electron chi connectivity index (χ1n) is 7.70. The zero-order chi connectivity index (χ0) is 17.3. The molecule has 0 saturated heterocycles. The maximum Gasteiger partial charge on any atom is 0.150 e. The van der Waals surface area contributed by atoms with Crippen LogP contribution in [0, 0.1) is 5.82 Å². The molecule has 0 fully saturated rings. The first-order chi connectivity index (χ1) is 11.3. The van der Waals surface area contributed by atoms with Gasteiger partial charge >= 0.3 is 0 Å². The number of rotatable bonds is 5. The van der Waals surface area contributed by atoms with E-state index in [9.17, 15) is 17.9 Å². The van der Waals surface area contributed by atoms with Crippen molar-refractivity contribution in [3.8, 4) is 0 Å². The number of fused-ring (bicyclic) bond motifs is 1. The van der Waals surface area contributed by atoms with Crippen molar-refractivity contribution in [1.29, 1.82) is 0 Å². The molecule has 130 valence electrons. The van der Waals surface area contributed by atoms with Crippen LogP contribution in [0.4, 0.5) is 4.39 Å². The summed E-state index contributed by atoms with van der Waals surface area (Å²) in [4.78, 5) is 2.10. The summed E-state index contributed by atoms with van der Waals surface area (Å²) >= 11 is 0. The maximum absolute atomic E-state index is 13.8. The van der Waals surface area contributed by atoms with Gasteiger partial charge in [-0.2, -0.15) is 5.10 Å². The Labute approximate surface area is 140 Å². The summed E-state index contributed by atoms with van der Waals surface area (Å²) < 4.78 is 38.2. The molecule has 3 rings (SSSR count). The SMILES string of the molecule is CS(=O)(=O)CC(O)c1cc2n(n1)CCN(Cc1ccccc1F)C2. The number of sulfone groups is 1. The van der Waals surface area contributed by atoms with E-state index in [1.165, 1.54) is 6.07 Å². The standard InChI is InChI=1S/C16H20FN3O3S/c1-24(22,23)11-16(21)15-8-13-10-19(6-7-20(13)18-15)9-12-4-2-3-5-14(12)17/h2-5,8,16,21H,6-7,9-11H2,1H3. The molecule has 0 bridgehead atoms. The Morgan fingerprint density at radius 3 is 2.79 bits per heavy atom. The fourth-order valence-corrected chi connectivity index (χ4v) is 3.62. The molecule has 2 heterocycles. The van der Waals surface area contributed by atoms with Crippen LogP contribution in [0.1, 0.15) is 23.1 Å². The molecular formula is C16H20FN3O3S. The molecule has 1 aromatic heterocycles. The second kappa shape index (κ2) is 6.62. The van der Waals surface area contributed by atoms with Crippen LogP contribution >= 0.6 is 0 Å². The van der Waals surface area contributed by atoms with E-state index >= 15 is 0 Å². The molecule has 0 spiro atoms. The lowest BCUT2D eigenvalue weighted by molar-refractivity contribution is 0.190. The van der Waals surface area contributed by atoms with E-state index in [1.807, 2.05) is 6.07 Å². The van der Waals surface area contributed by atoms with Crippen molar-refractivity contribution in [2.45, 2.75) is 25.7 Å². The molecule has 6 nitrogen and oxygen atoms in total. The summed E-state index contributed by atoms with van der Waals surface area (Å²) in [6.45, 7) is 2.41. The van der Waals surface area contributed by atoms with Gasteiger partial charge in [-0.3, -0.25) is 9.58 Å². The van der Waals surface area contributed by atoms with Gasteiger partial charge < -0.3 is 5.11 Å². The number of halogens is 1. The first-order valence-corrected chi connectivity index (χ1v) is 9.76. The van der Waals surface area contributed by atoms with Gasteiger partial charge in [0.2, 0.25) is 0 Å². The average Bonchev–Trinajstić information content (AvgIpc) is 2.91. The fraction of sp³-hybridized carbons (Fsp3) is 0.438. The quantitative estimate of drug-likeness (QED) is 0.872. The zero-order valence-electron chi connectivity index (χ0n) is 13.4. The smallest absolute Gasteiger partial charge is 0.150 e. The van der Waals surface area contributed by atoms with Crippen molar-refractivity contribution in [3.63, 3.8) is 0 Å². The van der Waals surface area contributed by atoms with Gasteiger partial charge in [-0.05, 0) is 12.1 Å². The first kappa shape index (κ1) is 17.1. The third-order valence-electron chi connectivity index (χ3n) is 4.05. The van der Waals surface area contributed by atoms with E-state index in [4.69, 9.17) is 0 Å². The Balaban J connectivity index is 1.71. The normalized spacial score (nSPS) is 16.8. The maximum atomic E-state index is 13.8.